The summed E-state index contributed by atoms with van der Waals surface area (Å²) in [6, 6.07) is 15.8. The van der Waals surface area contributed by atoms with Crippen LogP contribution in [0.2, 0.25) is 0 Å². The SMILES string of the molecule is CN(c1ccccc1)c1nncc(Nc2ccc(F)cc2)n1. The maximum atomic E-state index is 12.9. The van der Waals surface area contributed by atoms with Crippen molar-refractivity contribution >= 4 is 23.1 Å². The van der Waals surface area contributed by atoms with E-state index in [-0.39, 0.29) is 5.82 Å². The molecule has 0 aliphatic rings. The Morgan fingerprint density at radius 1 is 1.00 bits per heavy atom. The Bertz CT molecular complexity index is 746. The molecule has 1 heterocycles. The van der Waals surface area contributed by atoms with E-state index < -0.39 is 0 Å². The van der Waals surface area contributed by atoms with E-state index in [9.17, 15) is 4.39 Å². The van der Waals surface area contributed by atoms with E-state index in [0.29, 0.717) is 11.8 Å². The molecule has 0 saturated carbocycles. The number of nitrogens with zero attached hydrogens (tertiary/aromatic N) is 4. The first-order valence-electron chi connectivity index (χ1n) is 6.73. The Morgan fingerprint density at radius 2 is 1.73 bits per heavy atom. The Hall–Kier alpha value is -3.02. The summed E-state index contributed by atoms with van der Waals surface area (Å²) in [5.41, 5.74) is 1.69. The molecule has 1 aromatic heterocycles. The zero-order valence-corrected chi connectivity index (χ0v) is 11.9. The lowest BCUT2D eigenvalue weighted by Crippen LogP contribution is -2.14. The second-order valence-corrected chi connectivity index (χ2v) is 4.67. The molecule has 0 saturated heterocycles. The highest BCUT2D eigenvalue weighted by molar-refractivity contribution is 5.59. The molecule has 0 atom stereocenters. The molecule has 110 valence electrons. The summed E-state index contributed by atoms with van der Waals surface area (Å²) in [5, 5.41) is 11.1. The van der Waals surface area contributed by atoms with Crippen LogP contribution in [-0.4, -0.2) is 22.2 Å². The minimum absolute atomic E-state index is 0.282. The quantitative estimate of drug-likeness (QED) is 0.798. The average molecular weight is 295 g/mol. The monoisotopic (exact) mass is 295 g/mol. The van der Waals surface area contributed by atoms with Crippen molar-refractivity contribution in [2.75, 3.05) is 17.3 Å². The van der Waals surface area contributed by atoms with Crippen LogP contribution in [0, 0.1) is 5.82 Å². The summed E-state index contributed by atoms with van der Waals surface area (Å²) in [6.07, 6.45) is 1.52. The van der Waals surface area contributed by atoms with Crippen LogP contribution in [0.15, 0.2) is 60.8 Å². The van der Waals surface area contributed by atoms with Crippen LogP contribution in [0.5, 0.6) is 0 Å². The normalized spacial score (nSPS) is 10.3. The fourth-order valence-corrected chi connectivity index (χ4v) is 1.94. The first-order valence-corrected chi connectivity index (χ1v) is 6.73. The van der Waals surface area contributed by atoms with Gasteiger partial charge in [-0.3, -0.25) is 0 Å². The number of rotatable bonds is 4. The van der Waals surface area contributed by atoms with E-state index in [1.54, 1.807) is 12.1 Å². The van der Waals surface area contributed by atoms with Crippen LogP contribution in [-0.2, 0) is 0 Å². The maximum Gasteiger partial charge on any atom is 0.251 e. The smallest absolute Gasteiger partial charge is 0.251 e. The van der Waals surface area contributed by atoms with Gasteiger partial charge in [-0.05, 0) is 36.4 Å². The van der Waals surface area contributed by atoms with Crippen LogP contribution in [0.1, 0.15) is 0 Å². The van der Waals surface area contributed by atoms with Gasteiger partial charge in [0.25, 0.3) is 5.95 Å². The van der Waals surface area contributed by atoms with E-state index in [2.05, 4.69) is 20.5 Å². The van der Waals surface area contributed by atoms with E-state index >= 15 is 0 Å². The number of aromatic nitrogens is 3. The Morgan fingerprint density at radius 3 is 2.45 bits per heavy atom. The van der Waals surface area contributed by atoms with Gasteiger partial charge in [-0.1, -0.05) is 18.2 Å². The fraction of sp³-hybridized carbons (Fsp3) is 0.0625. The number of halogens is 1. The number of nitrogens with one attached hydrogen (secondary N) is 1. The lowest BCUT2D eigenvalue weighted by Gasteiger charge is -2.17. The standard InChI is InChI=1S/C16H14FN5/c1-22(14-5-3-2-4-6-14)16-20-15(11-18-21-16)19-13-9-7-12(17)8-10-13/h2-11H,1H3,(H,19,20,21). The molecule has 0 aliphatic carbocycles. The molecule has 1 N–H and O–H groups in total. The van der Waals surface area contributed by atoms with E-state index in [0.717, 1.165) is 11.4 Å². The molecule has 0 bridgehead atoms. The second kappa shape index (κ2) is 6.17. The van der Waals surface area contributed by atoms with Crippen LogP contribution < -0.4 is 10.2 Å². The first kappa shape index (κ1) is 13.9. The van der Waals surface area contributed by atoms with E-state index in [4.69, 9.17) is 0 Å². The van der Waals surface area contributed by atoms with E-state index in [1.165, 1.54) is 18.3 Å². The molecule has 0 aliphatic heterocycles. The summed E-state index contributed by atoms with van der Waals surface area (Å²) in [5.74, 6) is 0.730. The van der Waals surface area contributed by atoms with Crippen LogP contribution in [0.25, 0.3) is 0 Å². The lowest BCUT2D eigenvalue weighted by atomic mass is 10.3. The molecule has 22 heavy (non-hydrogen) atoms. The fourth-order valence-electron chi connectivity index (χ4n) is 1.94. The molecule has 2 aromatic carbocycles. The lowest BCUT2D eigenvalue weighted by molar-refractivity contribution is 0.628. The third kappa shape index (κ3) is 3.17. The number of hydrogen-bond donors (Lipinski definition) is 1. The first-order chi connectivity index (χ1) is 10.7. The molecule has 3 rings (SSSR count). The highest BCUT2D eigenvalue weighted by Gasteiger charge is 2.08. The summed E-state index contributed by atoms with van der Waals surface area (Å²) in [4.78, 5) is 6.25. The van der Waals surface area contributed by atoms with Crippen molar-refractivity contribution < 1.29 is 4.39 Å². The number of para-hydroxylation sites is 1. The Labute approximate surface area is 127 Å². The molecule has 0 spiro atoms. The van der Waals surface area contributed by atoms with E-state index in [1.807, 2.05) is 42.3 Å². The zero-order chi connectivity index (χ0) is 15.4. The number of anilines is 4. The molecule has 0 radical (unpaired) electrons. The van der Waals surface area contributed by atoms with Gasteiger partial charge in [0.05, 0.1) is 6.20 Å². The maximum absolute atomic E-state index is 12.9. The Balaban J connectivity index is 1.82. The van der Waals surface area contributed by atoms with Crippen molar-refractivity contribution in [3.8, 4) is 0 Å². The minimum Gasteiger partial charge on any atom is -0.339 e. The van der Waals surface area contributed by atoms with Crippen molar-refractivity contribution in [3.63, 3.8) is 0 Å². The molecule has 0 fully saturated rings. The van der Waals surface area contributed by atoms with Crippen molar-refractivity contribution in [1.82, 2.24) is 15.2 Å². The van der Waals surface area contributed by atoms with Gasteiger partial charge in [-0.2, -0.15) is 10.1 Å². The van der Waals surface area contributed by atoms with Gasteiger partial charge in [0, 0.05) is 18.4 Å². The average Bonchev–Trinajstić information content (AvgIpc) is 2.57. The van der Waals surface area contributed by atoms with Crippen molar-refractivity contribution in [2.45, 2.75) is 0 Å². The number of hydrogen-bond acceptors (Lipinski definition) is 5. The summed E-state index contributed by atoms with van der Waals surface area (Å²) < 4.78 is 12.9. The van der Waals surface area contributed by atoms with Gasteiger partial charge in [0.2, 0.25) is 0 Å². The molecule has 3 aromatic rings. The van der Waals surface area contributed by atoms with Gasteiger partial charge in [0.15, 0.2) is 5.82 Å². The summed E-state index contributed by atoms with van der Waals surface area (Å²) in [7, 11) is 1.87. The zero-order valence-electron chi connectivity index (χ0n) is 11.9. The summed E-state index contributed by atoms with van der Waals surface area (Å²) in [6.45, 7) is 0. The third-order valence-electron chi connectivity index (χ3n) is 3.11. The van der Waals surface area contributed by atoms with Crippen LogP contribution in [0.4, 0.5) is 27.5 Å². The highest BCUT2D eigenvalue weighted by atomic mass is 19.1. The topological polar surface area (TPSA) is 53.9 Å². The highest BCUT2D eigenvalue weighted by Crippen LogP contribution is 2.21. The predicted octanol–water partition coefficient (Wildman–Crippen LogP) is 3.52. The third-order valence-corrected chi connectivity index (χ3v) is 3.11. The largest absolute Gasteiger partial charge is 0.339 e. The molecule has 6 heteroatoms. The van der Waals surface area contributed by atoms with Gasteiger partial charge in [-0.25, -0.2) is 4.39 Å². The molecule has 0 unspecified atom stereocenters. The van der Waals surface area contributed by atoms with Crippen LogP contribution in [0.3, 0.4) is 0 Å². The second-order valence-electron chi connectivity index (χ2n) is 4.67. The predicted molar refractivity (Wildman–Crippen MR) is 84.0 cm³/mol. The van der Waals surface area contributed by atoms with Crippen molar-refractivity contribution in [3.05, 3.63) is 66.6 Å². The minimum atomic E-state index is -0.282. The number of benzene rings is 2. The molecule has 5 nitrogen and oxygen atoms in total. The summed E-state index contributed by atoms with van der Waals surface area (Å²) >= 11 is 0. The van der Waals surface area contributed by atoms with Gasteiger partial charge in [-0.15, -0.1) is 5.10 Å². The van der Waals surface area contributed by atoms with Gasteiger partial charge < -0.3 is 10.2 Å². The molecular formula is C16H14FN5. The molecule has 0 amide bonds. The van der Waals surface area contributed by atoms with Crippen molar-refractivity contribution in [2.24, 2.45) is 0 Å². The van der Waals surface area contributed by atoms with Gasteiger partial charge in [0.1, 0.15) is 5.82 Å². The van der Waals surface area contributed by atoms with Crippen molar-refractivity contribution in [1.29, 1.82) is 0 Å². The molecular weight excluding hydrogens is 281 g/mol. The van der Waals surface area contributed by atoms with Gasteiger partial charge >= 0.3 is 0 Å². The Kier molecular flexibility index (Phi) is 3.91. The van der Waals surface area contributed by atoms with Crippen LogP contribution >= 0.6 is 0 Å².